The molecule has 0 N–H and O–H groups in total. The first kappa shape index (κ1) is 10.8. The summed E-state index contributed by atoms with van der Waals surface area (Å²) in [7, 11) is 0. The molecule has 0 saturated carbocycles. The fourth-order valence-corrected chi connectivity index (χ4v) is 2.29. The molecular formula is C13H13ClN2O. The molecule has 1 aliphatic heterocycles. The van der Waals surface area contributed by atoms with Crippen LogP contribution < -0.4 is 0 Å². The lowest BCUT2D eigenvalue weighted by Gasteiger charge is -2.02. The van der Waals surface area contributed by atoms with Gasteiger partial charge in [-0.3, -0.25) is 0 Å². The summed E-state index contributed by atoms with van der Waals surface area (Å²) >= 11 is 6.14. The first-order valence-electron chi connectivity index (χ1n) is 5.63. The maximum atomic E-state index is 6.14. The molecule has 1 aromatic heterocycles. The van der Waals surface area contributed by atoms with Crippen LogP contribution in [0.1, 0.15) is 17.5 Å². The van der Waals surface area contributed by atoms with Gasteiger partial charge in [0.15, 0.2) is 0 Å². The number of halogens is 1. The SMILES string of the molecule is Cc1nccn1CC1O[C@H]1c1ccccc1Cl. The Hall–Kier alpha value is -1.32. The first-order chi connectivity index (χ1) is 8.25. The third-order valence-electron chi connectivity index (χ3n) is 3.09. The zero-order valence-electron chi connectivity index (χ0n) is 9.51. The van der Waals surface area contributed by atoms with E-state index in [2.05, 4.69) is 9.55 Å². The monoisotopic (exact) mass is 248 g/mol. The number of aromatic nitrogens is 2. The van der Waals surface area contributed by atoms with Crippen LogP contribution in [0.4, 0.5) is 0 Å². The second kappa shape index (κ2) is 4.17. The quantitative estimate of drug-likeness (QED) is 0.782. The van der Waals surface area contributed by atoms with Gasteiger partial charge < -0.3 is 9.30 Å². The fourth-order valence-electron chi connectivity index (χ4n) is 2.05. The lowest BCUT2D eigenvalue weighted by molar-refractivity contribution is 0.355. The van der Waals surface area contributed by atoms with Crippen LogP contribution in [0.25, 0.3) is 0 Å². The average molecular weight is 249 g/mol. The molecule has 2 heterocycles. The number of imidazole rings is 1. The standard InChI is InChI=1S/C13H13ClN2O/c1-9-15-6-7-16(9)8-12-13(17-12)10-4-2-3-5-11(10)14/h2-7,12-13H,8H2,1H3/t12?,13-/m0/s1. The molecule has 0 spiro atoms. The lowest BCUT2D eigenvalue weighted by Crippen LogP contribution is -2.05. The Morgan fingerprint density at radius 3 is 2.94 bits per heavy atom. The molecule has 0 aliphatic carbocycles. The van der Waals surface area contributed by atoms with Crippen molar-refractivity contribution in [2.45, 2.75) is 25.7 Å². The van der Waals surface area contributed by atoms with Crippen molar-refractivity contribution < 1.29 is 4.74 Å². The number of aryl methyl sites for hydroxylation is 1. The van der Waals surface area contributed by atoms with Gasteiger partial charge in [-0.1, -0.05) is 29.8 Å². The van der Waals surface area contributed by atoms with Gasteiger partial charge in [0.25, 0.3) is 0 Å². The van der Waals surface area contributed by atoms with Crippen LogP contribution in [0, 0.1) is 6.92 Å². The molecule has 0 radical (unpaired) electrons. The largest absolute Gasteiger partial charge is 0.362 e. The van der Waals surface area contributed by atoms with E-state index in [-0.39, 0.29) is 12.2 Å². The van der Waals surface area contributed by atoms with Gasteiger partial charge >= 0.3 is 0 Å². The van der Waals surface area contributed by atoms with E-state index in [1.807, 2.05) is 43.6 Å². The molecule has 0 bridgehead atoms. The summed E-state index contributed by atoms with van der Waals surface area (Å²) < 4.78 is 7.78. The van der Waals surface area contributed by atoms with Crippen molar-refractivity contribution in [3.05, 3.63) is 53.1 Å². The fraction of sp³-hybridized carbons (Fsp3) is 0.308. The molecule has 4 heteroatoms. The van der Waals surface area contributed by atoms with Gasteiger partial charge in [-0.2, -0.15) is 0 Å². The Labute approximate surface area is 105 Å². The van der Waals surface area contributed by atoms with Gasteiger partial charge in [0.1, 0.15) is 18.0 Å². The van der Waals surface area contributed by atoms with Crippen molar-refractivity contribution in [2.24, 2.45) is 0 Å². The Morgan fingerprint density at radius 1 is 1.41 bits per heavy atom. The molecule has 1 aliphatic rings. The maximum absolute atomic E-state index is 6.14. The van der Waals surface area contributed by atoms with Crippen LogP contribution >= 0.6 is 11.6 Å². The molecular weight excluding hydrogens is 236 g/mol. The molecule has 17 heavy (non-hydrogen) atoms. The molecule has 3 rings (SSSR count). The molecule has 1 saturated heterocycles. The van der Waals surface area contributed by atoms with Crippen LogP contribution in [0.15, 0.2) is 36.7 Å². The Balaban J connectivity index is 1.71. The number of epoxide rings is 1. The highest BCUT2D eigenvalue weighted by atomic mass is 35.5. The van der Waals surface area contributed by atoms with Gasteiger partial charge in [0.05, 0.1) is 6.54 Å². The Kier molecular flexibility index (Phi) is 2.65. The van der Waals surface area contributed by atoms with Crippen LogP contribution in [0.5, 0.6) is 0 Å². The summed E-state index contributed by atoms with van der Waals surface area (Å²) in [6.07, 6.45) is 4.12. The van der Waals surface area contributed by atoms with E-state index >= 15 is 0 Å². The predicted molar refractivity (Wildman–Crippen MR) is 66.0 cm³/mol. The number of hydrogen-bond acceptors (Lipinski definition) is 2. The molecule has 1 unspecified atom stereocenters. The van der Waals surface area contributed by atoms with Crippen LogP contribution in [-0.4, -0.2) is 15.7 Å². The highest BCUT2D eigenvalue weighted by Gasteiger charge is 2.41. The summed E-state index contributed by atoms with van der Waals surface area (Å²) in [4.78, 5) is 4.19. The van der Waals surface area contributed by atoms with E-state index < -0.39 is 0 Å². The molecule has 2 aromatic rings. The highest BCUT2D eigenvalue weighted by molar-refractivity contribution is 6.31. The van der Waals surface area contributed by atoms with Crippen molar-refractivity contribution in [3.8, 4) is 0 Å². The van der Waals surface area contributed by atoms with Crippen LogP contribution in [0.2, 0.25) is 5.02 Å². The minimum absolute atomic E-state index is 0.130. The topological polar surface area (TPSA) is 30.4 Å². The van der Waals surface area contributed by atoms with Crippen LogP contribution in [0.3, 0.4) is 0 Å². The summed E-state index contributed by atoms with van der Waals surface area (Å²) in [5.74, 6) is 1.01. The molecule has 2 atom stereocenters. The Morgan fingerprint density at radius 2 is 2.24 bits per heavy atom. The van der Waals surface area contributed by atoms with E-state index in [1.54, 1.807) is 0 Å². The third-order valence-corrected chi connectivity index (χ3v) is 3.44. The van der Waals surface area contributed by atoms with E-state index in [1.165, 1.54) is 0 Å². The zero-order chi connectivity index (χ0) is 11.8. The van der Waals surface area contributed by atoms with E-state index in [9.17, 15) is 0 Å². The molecule has 3 nitrogen and oxygen atoms in total. The van der Waals surface area contributed by atoms with E-state index in [0.29, 0.717) is 0 Å². The highest BCUT2D eigenvalue weighted by Crippen LogP contribution is 2.42. The molecule has 1 fully saturated rings. The minimum atomic E-state index is 0.130. The summed E-state index contributed by atoms with van der Waals surface area (Å²) in [6.45, 7) is 2.83. The van der Waals surface area contributed by atoms with Gasteiger partial charge in [-0.15, -0.1) is 0 Å². The van der Waals surface area contributed by atoms with Gasteiger partial charge in [0.2, 0.25) is 0 Å². The predicted octanol–water partition coefficient (Wildman–Crippen LogP) is 2.99. The average Bonchev–Trinajstić information content (AvgIpc) is 2.96. The van der Waals surface area contributed by atoms with Crippen LogP contribution in [-0.2, 0) is 11.3 Å². The number of rotatable bonds is 3. The van der Waals surface area contributed by atoms with Crippen molar-refractivity contribution in [2.75, 3.05) is 0 Å². The van der Waals surface area contributed by atoms with Crippen molar-refractivity contribution in [1.82, 2.24) is 9.55 Å². The van der Waals surface area contributed by atoms with E-state index in [4.69, 9.17) is 16.3 Å². The van der Waals surface area contributed by atoms with E-state index in [0.717, 1.165) is 23.0 Å². The van der Waals surface area contributed by atoms with Gasteiger partial charge in [-0.05, 0) is 13.0 Å². The summed E-state index contributed by atoms with van der Waals surface area (Å²) in [5.41, 5.74) is 1.08. The first-order valence-corrected chi connectivity index (χ1v) is 6.01. The maximum Gasteiger partial charge on any atom is 0.112 e. The molecule has 88 valence electrons. The number of nitrogens with zero attached hydrogens (tertiary/aromatic N) is 2. The smallest absolute Gasteiger partial charge is 0.112 e. The van der Waals surface area contributed by atoms with Crippen molar-refractivity contribution in [1.29, 1.82) is 0 Å². The minimum Gasteiger partial charge on any atom is -0.362 e. The van der Waals surface area contributed by atoms with Crippen molar-refractivity contribution in [3.63, 3.8) is 0 Å². The second-order valence-corrected chi connectivity index (χ2v) is 4.65. The zero-order valence-corrected chi connectivity index (χ0v) is 10.3. The number of benzene rings is 1. The molecule has 1 aromatic carbocycles. The number of ether oxygens (including phenoxy) is 1. The molecule has 0 amide bonds. The summed E-state index contributed by atoms with van der Waals surface area (Å²) in [6, 6.07) is 7.84. The second-order valence-electron chi connectivity index (χ2n) is 4.24. The summed E-state index contributed by atoms with van der Waals surface area (Å²) in [5, 5.41) is 0.780. The van der Waals surface area contributed by atoms with Crippen molar-refractivity contribution >= 4 is 11.6 Å². The number of hydrogen-bond donors (Lipinski definition) is 0. The lowest BCUT2D eigenvalue weighted by atomic mass is 10.1. The Bertz CT molecular complexity index is 538. The van der Waals surface area contributed by atoms with Gasteiger partial charge in [0, 0.05) is 23.0 Å². The van der Waals surface area contributed by atoms with Gasteiger partial charge in [-0.25, -0.2) is 4.98 Å². The normalized spacial score (nSPS) is 22.7. The third kappa shape index (κ3) is 2.08.